The van der Waals surface area contributed by atoms with Gasteiger partial charge < -0.3 is 15.1 Å². The highest BCUT2D eigenvalue weighted by Gasteiger charge is 2.37. The predicted molar refractivity (Wildman–Crippen MR) is 98.6 cm³/mol. The number of hydrogen-bond acceptors (Lipinski definition) is 3. The predicted octanol–water partition coefficient (Wildman–Crippen LogP) is 2.61. The molecule has 1 aromatic rings. The lowest BCUT2D eigenvalue weighted by Gasteiger charge is -2.20. The van der Waals surface area contributed by atoms with Gasteiger partial charge in [0.05, 0.1) is 0 Å². The summed E-state index contributed by atoms with van der Waals surface area (Å²) in [7, 11) is 4.39. The Hall–Kier alpha value is -0.320. The SMILES string of the molecule is CN(C)C1CCN(CCN[C@@H]2C[C@H]2c2ccccc2)C1.Cl.Cl. The summed E-state index contributed by atoms with van der Waals surface area (Å²) in [4.78, 5) is 4.96. The molecule has 3 atom stereocenters. The molecule has 1 heterocycles. The monoisotopic (exact) mass is 345 g/mol. The number of likely N-dealkylation sites (N-methyl/N-ethyl adjacent to an activating group) is 1. The molecule has 1 saturated carbocycles. The van der Waals surface area contributed by atoms with Crippen LogP contribution in [0.25, 0.3) is 0 Å². The van der Waals surface area contributed by atoms with E-state index in [0.29, 0.717) is 6.04 Å². The first kappa shape index (κ1) is 19.7. The first-order valence-corrected chi connectivity index (χ1v) is 7.91. The summed E-state index contributed by atoms with van der Waals surface area (Å²) in [5.41, 5.74) is 1.50. The highest BCUT2D eigenvalue weighted by Crippen LogP contribution is 2.40. The number of nitrogens with one attached hydrogen (secondary N) is 1. The van der Waals surface area contributed by atoms with E-state index >= 15 is 0 Å². The first-order valence-electron chi connectivity index (χ1n) is 7.91. The molecule has 1 aliphatic carbocycles. The number of likely N-dealkylation sites (tertiary alicyclic amines) is 1. The Morgan fingerprint density at radius 2 is 1.91 bits per heavy atom. The van der Waals surface area contributed by atoms with Crippen molar-refractivity contribution in [2.24, 2.45) is 0 Å². The van der Waals surface area contributed by atoms with Gasteiger partial charge in [0.2, 0.25) is 0 Å². The van der Waals surface area contributed by atoms with Gasteiger partial charge in [-0.1, -0.05) is 30.3 Å². The molecule has 1 saturated heterocycles. The van der Waals surface area contributed by atoms with Gasteiger partial charge in [-0.05, 0) is 39.0 Å². The number of nitrogens with zero attached hydrogens (tertiary/aromatic N) is 2. The number of halogens is 2. The molecule has 1 aliphatic heterocycles. The highest BCUT2D eigenvalue weighted by molar-refractivity contribution is 5.85. The molecule has 0 spiro atoms. The molecule has 22 heavy (non-hydrogen) atoms. The zero-order chi connectivity index (χ0) is 13.9. The lowest BCUT2D eigenvalue weighted by Crippen LogP contribution is -2.35. The molecule has 5 heteroatoms. The molecule has 1 N–H and O–H groups in total. The fraction of sp³-hybridized carbons (Fsp3) is 0.647. The Balaban J connectivity index is 0.00000121. The van der Waals surface area contributed by atoms with Crippen LogP contribution in [0, 0.1) is 0 Å². The normalized spacial score (nSPS) is 27.3. The molecule has 126 valence electrons. The lowest BCUT2D eigenvalue weighted by molar-refractivity contribution is 0.268. The molecule has 0 aromatic heterocycles. The maximum atomic E-state index is 3.72. The van der Waals surface area contributed by atoms with Gasteiger partial charge in [0.1, 0.15) is 0 Å². The fourth-order valence-corrected chi connectivity index (χ4v) is 3.33. The smallest absolute Gasteiger partial charge is 0.0229 e. The molecular formula is C17H29Cl2N3. The molecular weight excluding hydrogens is 317 g/mol. The van der Waals surface area contributed by atoms with Crippen LogP contribution >= 0.6 is 24.8 Å². The van der Waals surface area contributed by atoms with Crippen molar-refractivity contribution in [1.82, 2.24) is 15.1 Å². The van der Waals surface area contributed by atoms with Gasteiger partial charge >= 0.3 is 0 Å². The number of benzene rings is 1. The Kier molecular flexibility index (Phi) is 8.15. The summed E-state index contributed by atoms with van der Waals surface area (Å²) in [5, 5.41) is 3.72. The minimum Gasteiger partial charge on any atom is -0.312 e. The van der Waals surface area contributed by atoms with Gasteiger partial charge in [-0.3, -0.25) is 0 Å². The van der Waals surface area contributed by atoms with Crippen molar-refractivity contribution in [2.45, 2.75) is 30.8 Å². The van der Waals surface area contributed by atoms with Crippen LogP contribution < -0.4 is 5.32 Å². The number of rotatable bonds is 6. The molecule has 0 radical (unpaired) electrons. The average molecular weight is 346 g/mol. The molecule has 0 amide bonds. The van der Waals surface area contributed by atoms with Crippen LogP contribution in [0.1, 0.15) is 24.3 Å². The van der Waals surface area contributed by atoms with Crippen molar-refractivity contribution >= 4 is 24.8 Å². The highest BCUT2D eigenvalue weighted by atomic mass is 35.5. The van der Waals surface area contributed by atoms with Crippen molar-refractivity contribution in [3.05, 3.63) is 35.9 Å². The molecule has 1 unspecified atom stereocenters. The van der Waals surface area contributed by atoms with E-state index in [1.165, 1.54) is 38.0 Å². The van der Waals surface area contributed by atoms with Gasteiger partial charge in [0, 0.05) is 37.6 Å². The topological polar surface area (TPSA) is 18.5 Å². The van der Waals surface area contributed by atoms with E-state index in [4.69, 9.17) is 0 Å². The van der Waals surface area contributed by atoms with Crippen LogP contribution in [-0.2, 0) is 0 Å². The minimum atomic E-state index is 0. The standard InChI is InChI=1S/C17H27N3.2ClH/c1-19(2)15-8-10-20(13-15)11-9-18-17-12-16(17)14-6-4-3-5-7-14;;/h3-7,15-18H,8-13H2,1-2H3;2*1H/t15?,16-,17+;;/m0../s1. The van der Waals surface area contributed by atoms with E-state index in [9.17, 15) is 0 Å². The van der Waals surface area contributed by atoms with Crippen LogP contribution in [0.2, 0.25) is 0 Å². The Labute approximate surface area is 147 Å². The first-order chi connectivity index (χ1) is 9.74. The summed E-state index contributed by atoms with van der Waals surface area (Å²) < 4.78 is 0. The zero-order valence-corrected chi connectivity index (χ0v) is 15.2. The van der Waals surface area contributed by atoms with E-state index < -0.39 is 0 Å². The van der Waals surface area contributed by atoms with Gasteiger partial charge in [-0.15, -0.1) is 24.8 Å². The second-order valence-corrected chi connectivity index (χ2v) is 6.52. The second-order valence-electron chi connectivity index (χ2n) is 6.52. The summed E-state index contributed by atoms with van der Waals surface area (Å²) in [5.74, 6) is 0.754. The third-order valence-corrected chi connectivity index (χ3v) is 4.83. The van der Waals surface area contributed by atoms with E-state index in [2.05, 4.69) is 59.5 Å². The second kappa shape index (κ2) is 9.09. The average Bonchev–Trinajstić information content (AvgIpc) is 3.07. The molecule has 0 bridgehead atoms. The van der Waals surface area contributed by atoms with Crippen LogP contribution in [0.4, 0.5) is 0 Å². The van der Waals surface area contributed by atoms with Crippen LogP contribution in [0.15, 0.2) is 30.3 Å². The lowest BCUT2D eigenvalue weighted by atomic mass is 10.1. The molecule has 2 aliphatic rings. The fourth-order valence-electron chi connectivity index (χ4n) is 3.33. The van der Waals surface area contributed by atoms with Gasteiger partial charge in [0.25, 0.3) is 0 Å². The maximum absolute atomic E-state index is 3.72. The minimum absolute atomic E-state index is 0. The van der Waals surface area contributed by atoms with Crippen LogP contribution in [-0.4, -0.2) is 62.2 Å². The molecule has 3 rings (SSSR count). The quantitative estimate of drug-likeness (QED) is 0.854. The summed E-state index contributed by atoms with van der Waals surface area (Å²) in [6.07, 6.45) is 2.63. The Morgan fingerprint density at radius 1 is 1.18 bits per heavy atom. The maximum Gasteiger partial charge on any atom is 0.0229 e. The summed E-state index contributed by atoms with van der Waals surface area (Å²) in [6.45, 7) is 4.83. The zero-order valence-electron chi connectivity index (χ0n) is 13.6. The third-order valence-electron chi connectivity index (χ3n) is 4.83. The van der Waals surface area contributed by atoms with Crippen molar-refractivity contribution < 1.29 is 0 Å². The molecule has 1 aromatic carbocycles. The van der Waals surface area contributed by atoms with E-state index in [0.717, 1.165) is 18.5 Å². The van der Waals surface area contributed by atoms with E-state index in [1.54, 1.807) is 0 Å². The van der Waals surface area contributed by atoms with E-state index in [1.807, 2.05) is 0 Å². The third kappa shape index (κ3) is 5.10. The molecule has 2 fully saturated rings. The van der Waals surface area contributed by atoms with E-state index in [-0.39, 0.29) is 24.8 Å². The van der Waals surface area contributed by atoms with Crippen LogP contribution in [0.3, 0.4) is 0 Å². The van der Waals surface area contributed by atoms with Gasteiger partial charge in [0.15, 0.2) is 0 Å². The summed E-state index contributed by atoms with van der Waals surface area (Å²) in [6, 6.07) is 12.4. The van der Waals surface area contributed by atoms with Crippen molar-refractivity contribution in [2.75, 3.05) is 40.3 Å². The van der Waals surface area contributed by atoms with Crippen LogP contribution in [0.5, 0.6) is 0 Å². The van der Waals surface area contributed by atoms with Gasteiger partial charge in [-0.2, -0.15) is 0 Å². The molecule has 3 nitrogen and oxygen atoms in total. The Morgan fingerprint density at radius 3 is 2.55 bits per heavy atom. The number of hydrogen-bond donors (Lipinski definition) is 1. The Bertz CT molecular complexity index is 427. The van der Waals surface area contributed by atoms with Gasteiger partial charge in [-0.25, -0.2) is 0 Å². The largest absolute Gasteiger partial charge is 0.312 e. The van der Waals surface area contributed by atoms with Crippen molar-refractivity contribution in [1.29, 1.82) is 0 Å². The van der Waals surface area contributed by atoms with Crippen molar-refractivity contribution in [3.63, 3.8) is 0 Å². The van der Waals surface area contributed by atoms with Crippen molar-refractivity contribution in [3.8, 4) is 0 Å². The summed E-state index contributed by atoms with van der Waals surface area (Å²) >= 11 is 0.